The van der Waals surface area contributed by atoms with E-state index in [1.165, 1.54) is 0 Å². The Morgan fingerprint density at radius 1 is 1.62 bits per heavy atom. The van der Waals surface area contributed by atoms with Gasteiger partial charge in [-0.3, -0.25) is 0 Å². The van der Waals surface area contributed by atoms with Gasteiger partial charge in [-0.1, -0.05) is 0 Å². The fourth-order valence-corrected chi connectivity index (χ4v) is 2.00. The molecule has 2 heterocycles. The molecule has 0 amide bonds. The first kappa shape index (κ1) is 11.1. The second kappa shape index (κ2) is 4.65. The van der Waals surface area contributed by atoms with Crippen LogP contribution in [0.25, 0.3) is 0 Å². The molecule has 1 aliphatic rings. The van der Waals surface area contributed by atoms with Gasteiger partial charge in [0.1, 0.15) is 0 Å². The van der Waals surface area contributed by atoms with Crippen LogP contribution in [0.2, 0.25) is 0 Å². The predicted molar refractivity (Wildman–Crippen MR) is 62.6 cm³/mol. The van der Waals surface area contributed by atoms with Crippen LogP contribution in [0.15, 0.2) is 12.3 Å². The SMILES string of the molecule is COc1ccnc(N2CCC(C(C)N)C2)n1. The van der Waals surface area contributed by atoms with Gasteiger partial charge in [-0.15, -0.1) is 0 Å². The Kier molecular flexibility index (Phi) is 3.24. The van der Waals surface area contributed by atoms with Crippen LogP contribution in [0.1, 0.15) is 13.3 Å². The van der Waals surface area contributed by atoms with Crippen molar-refractivity contribution < 1.29 is 4.74 Å². The van der Waals surface area contributed by atoms with E-state index in [9.17, 15) is 0 Å². The summed E-state index contributed by atoms with van der Waals surface area (Å²) < 4.78 is 5.09. The molecule has 2 rings (SSSR count). The molecule has 16 heavy (non-hydrogen) atoms. The van der Waals surface area contributed by atoms with Crippen molar-refractivity contribution in [1.29, 1.82) is 0 Å². The van der Waals surface area contributed by atoms with Crippen molar-refractivity contribution in [3.63, 3.8) is 0 Å². The summed E-state index contributed by atoms with van der Waals surface area (Å²) in [7, 11) is 1.61. The first-order chi connectivity index (χ1) is 7.70. The number of hydrogen-bond donors (Lipinski definition) is 1. The number of ether oxygens (including phenoxy) is 1. The van der Waals surface area contributed by atoms with Crippen molar-refractivity contribution in [2.75, 3.05) is 25.1 Å². The zero-order valence-corrected chi connectivity index (χ0v) is 9.76. The molecule has 0 saturated carbocycles. The summed E-state index contributed by atoms with van der Waals surface area (Å²) in [5.74, 6) is 1.88. The van der Waals surface area contributed by atoms with E-state index in [2.05, 4.69) is 21.8 Å². The van der Waals surface area contributed by atoms with Gasteiger partial charge < -0.3 is 15.4 Å². The van der Waals surface area contributed by atoms with Crippen LogP contribution >= 0.6 is 0 Å². The fourth-order valence-electron chi connectivity index (χ4n) is 2.00. The van der Waals surface area contributed by atoms with Crippen LogP contribution in [0.3, 0.4) is 0 Å². The minimum absolute atomic E-state index is 0.232. The van der Waals surface area contributed by atoms with Gasteiger partial charge in [0.2, 0.25) is 11.8 Å². The number of aromatic nitrogens is 2. The molecule has 0 bridgehead atoms. The van der Waals surface area contributed by atoms with Crippen LogP contribution in [-0.4, -0.2) is 36.2 Å². The fraction of sp³-hybridized carbons (Fsp3) is 0.636. The minimum Gasteiger partial charge on any atom is -0.481 e. The second-order valence-electron chi connectivity index (χ2n) is 4.25. The zero-order valence-electron chi connectivity index (χ0n) is 9.76. The summed E-state index contributed by atoms with van der Waals surface area (Å²) in [6.45, 7) is 3.96. The molecule has 1 saturated heterocycles. The molecule has 1 aromatic rings. The van der Waals surface area contributed by atoms with Crippen LogP contribution in [-0.2, 0) is 0 Å². The third-order valence-corrected chi connectivity index (χ3v) is 3.08. The highest BCUT2D eigenvalue weighted by Gasteiger charge is 2.26. The van der Waals surface area contributed by atoms with Gasteiger partial charge >= 0.3 is 0 Å². The number of nitrogens with zero attached hydrogens (tertiary/aromatic N) is 3. The molecule has 88 valence electrons. The molecule has 1 aliphatic heterocycles. The smallest absolute Gasteiger partial charge is 0.228 e. The maximum Gasteiger partial charge on any atom is 0.228 e. The molecular weight excluding hydrogens is 204 g/mol. The van der Waals surface area contributed by atoms with Crippen LogP contribution in [0.5, 0.6) is 5.88 Å². The standard InChI is InChI=1S/C11H18N4O/c1-8(12)9-4-6-15(7-9)11-13-5-3-10(14-11)16-2/h3,5,8-9H,4,6-7,12H2,1-2H3. The molecule has 0 aromatic carbocycles. The van der Waals surface area contributed by atoms with Gasteiger partial charge in [-0.25, -0.2) is 4.98 Å². The largest absolute Gasteiger partial charge is 0.481 e. The van der Waals surface area contributed by atoms with Gasteiger partial charge in [0.15, 0.2) is 0 Å². The average Bonchev–Trinajstić information content (AvgIpc) is 2.78. The monoisotopic (exact) mass is 222 g/mol. The molecule has 2 unspecified atom stereocenters. The van der Waals surface area contributed by atoms with Crippen molar-refractivity contribution in [2.45, 2.75) is 19.4 Å². The molecule has 1 fully saturated rings. The normalized spacial score (nSPS) is 22.2. The molecule has 0 aliphatic carbocycles. The third-order valence-electron chi connectivity index (χ3n) is 3.08. The molecular formula is C11H18N4O. The summed E-state index contributed by atoms with van der Waals surface area (Å²) in [4.78, 5) is 10.7. The average molecular weight is 222 g/mol. The second-order valence-corrected chi connectivity index (χ2v) is 4.25. The lowest BCUT2D eigenvalue weighted by molar-refractivity contribution is 0.396. The number of nitrogens with two attached hydrogens (primary N) is 1. The van der Waals surface area contributed by atoms with E-state index >= 15 is 0 Å². The van der Waals surface area contributed by atoms with E-state index in [0.29, 0.717) is 11.8 Å². The summed E-state index contributed by atoms with van der Waals surface area (Å²) in [6.07, 6.45) is 2.83. The van der Waals surface area contributed by atoms with Gasteiger partial charge in [-0.2, -0.15) is 4.98 Å². The Balaban J connectivity index is 2.08. The molecule has 2 atom stereocenters. The van der Waals surface area contributed by atoms with E-state index in [1.54, 1.807) is 19.4 Å². The maximum atomic E-state index is 5.90. The van der Waals surface area contributed by atoms with Crippen LogP contribution in [0, 0.1) is 5.92 Å². The Morgan fingerprint density at radius 3 is 3.06 bits per heavy atom. The topological polar surface area (TPSA) is 64.3 Å². The molecule has 5 heteroatoms. The minimum atomic E-state index is 0.232. The summed E-state index contributed by atoms with van der Waals surface area (Å²) in [5, 5.41) is 0. The lowest BCUT2D eigenvalue weighted by Crippen LogP contribution is -2.30. The Morgan fingerprint density at radius 2 is 2.44 bits per heavy atom. The Bertz CT molecular complexity index is 356. The van der Waals surface area contributed by atoms with Crippen molar-refractivity contribution in [1.82, 2.24) is 9.97 Å². The van der Waals surface area contributed by atoms with Crippen LogP contribution < -0.4 is 15.4 Å². The predicted octanol–water partition coefficient (Wildman–Crippen LogP) is 0.659. The van der Waals surface area contributed by atoms with Crippen molar-refractivity contribution in [3.05, 3.63) is 12.3 Å². The molecule has 1 aromatic heterocycles. The first-order valence-electron chi connectivity index (χ1n) is 5.58. The molecule has 0 spiro atoms. The van der Waals surface area contributed by atoms with Crippen molar-refractivity contribution in [2.24, 2.45) is 11.7 Å². The summed E-state index contributed by atoms with van der Waals surface area (Å²) in [6, 6.07) is 1.98. The first-order valence-corrected chi connectivity index (χ1v) is 5.58. The summed E-state index contributed by atoms with van der Waals surface area (Å²) >= 11 is 0. The molecule has 5 nitrogen and oxygen atoms in total. The quantitative estimate of drug-likeness (QED) is 0.814. The number of rotatable bonds is 3. The summed E-state index contributed by atoms with van der Waals surface area (Å²) in [5.41, 5.74) is 5.90. The highest BCUT2D eigenvalue weighted by molar-refractivity contribution is 5.33. The number of hydrogen-bond acceptors (Lipinski definition) is 5. The highest BCUT2D eigenvalue weighted by Crippen LogP contribution is 2.23. The molecule has 2 N–H and O–H groups in total. The lowest BCUT2D eigenvalue weighted by atomic mass is 10.0. The van der Waals surface area contributed by atoms with Gasteiger partial charge in [0.05, 0.1) is 7.11 Å². The van der Waals surface area contributed by atoms with E-state index < -0.39 is 0 Å². The van der Waals surface area contributed by atoms with E-state index in [1.807, 2.05) is 0 Å². The van der Waals surface area contributed by atoms with E-state index in [4.69, 9.17) is 10.5 Å². The zero-order chi connectivity index (χ0) is 11.5. The van der Waals surface area contributed by atoms with E-state index in [-0.39, 0.29) is 6.04 Å². The van der Waals surface area contributed by atoms with Gasteiger partial charge in [0.25, 0.3) is 0 Å². The van der Waals surface area contributed by atoms with Gasteiger partial charge in [-0.05, 0) is 19.3 Å². The maximum absolute atomic E-state index is 5.90. The van der Waals surface area contributed by atoms with E-state index in [0.717, 1.165) is 25.5 Å². The van der Waals surface area contributed by atoms with Crippen LogP contribution in [0.4, 0.5) is 5.95 Å². The number of methoxy groups -OCH3 is 1. The third kappa shape index (κ3) is 2.24. The van der Waals surface area contributed by atoms with Gasteiger partial charge in [0, 0.05) is 31.4 Å². The van der Waals surface area contributed by atoms with Crippen molar-refractivity contribution >= 4 is 5.95 Å². The number of anilines is 1. The van der Waals surface area contributed by atoms with Crippen molar-refractivity contribution in [3.8, 4) is 5.88 Å². The lowest BCUT2D eigenvalue weighted by Gasteiger charge is -2.17. The highest BCUT2D eigenvalue weighted by atomic mass is 16.5. The Hall–Kier alpha value is -1.36. The Labute approximate surface area is 95.6 Å². The molecule has 0 radical (unpaired) electrons.